The van der Waals surface area contributed by atoms with E-state index in [-0.39, 0.29) is 31.1 Å². The Bertz CT molecular complexity index is 575. The van der Waals surface area contributed by atoms with Gasteiger partial charge in [-0.3, -0.25) is 14.4 Å². The number of ether oxygens (including phenoxy) is 2. The summed E-state index contributed by atoms with van der Waals surface area (Å²) in [7, 11) is 0. The number of hydrogen-bond acceptors (Lipinski definition) is 5. The third-order valence-electron chi connectivity index (χ3n) is 4.94. The molecule has 0 saturated carbocycles. The van der Waals surface area contributed by atoms with Crippen LogP contribution in [0.2, 0.25) is 0 Å². The number of esters is 1. The minimum atomic E-state index is -0.777. The number of fused-ring (bicyclic) bond motifs is 1. The lowest BCUT2D eigenvalue weighted by atomic mass is 9.77. The summed E-state index contributed by atoms with van der Waals surface area (Å²) in [6.07, 6.45) is 5.27. The molecule has 0 radical (unpaired) electrons. The maximum Gasteiger partial charge on any atom is 0.325 e. The van der Waals surface area contributed by atoms with Crippen molar-refractivity contribution in [2.75, 3.05) is 26.2 Å². The molecule has 0 aromatic rings. The Balaban J connectivity index is 1.72. The van der Waals surface area contributed by atoms with Gasteiger partial charge in [-0.2, -0.15) is 0 Å². The number of hydrogen-bond donors (Lipinski definition) is 1. The zero-order valence-electron chi connectivity index (χ0n) is 14.1. The maximum absolute atomic E-state index is 12.8. The Morgan fingerprint density at radius 2 is 2.25 bits per heavy atom. The summed E-state index contributed by atoms with van der Waals surface area (Å²) in [5.74, 6) is -1.86. The number of unbranched alkanes of at least 4 members (excludes halogenated alkanes) is 1. The number of nitrogens with one attached hydrogen (secondary N) is 1. The SMILES string of the molecule is CCCCNC(=O)C1C2C=CC3(CN(CC(=O)OCC)C(=O)C13)O2. The van der Waals surface area contributed by atoms with Crippen molar-refractivity contribution in [1.29, 1.82) is 0 Å². The first-order valence-electron chi connectivity index (χ1n) is 8.61. The summed E-state index contributed by atoms with van der Waals surface area (Å²) in [5.41, 5.74) is -0.777. The second kappa shape index (κ2) is 6.55. The van der Waals surface area contributed by atoms with Gasteiger partial charge in [0.15, 0.2) is 0 Å². The molecule has 2 fully saturated rings. The molecule has 3 heterocycles. The number of rotatable bonds is 7. The predicted molar refractivity (Wildman–Crippen MR) is 84.9 cm³/mol. The summed E-state index contributed by atoms with van der Waals surface area (Å²) in [6, 6.07) is 0. The molecule has 3 rings (SSSR count). The lowest BCUT2D eigenvalue weighted by molar-refractivity contribution is -0.149. The Labute approximate surface area is 141 Å². The number of carbonyl (C=O) groups excluding carboxylic acids is 3. The molecule has 4 unspecified atom stereocenters. The number of carbonyl (C=O) groups is 3. The van der Waals surface area contributed by atoms with Crippen LogP contribution in [-0.2, 0) is 23.9 Å². The molecule has 2 amide bonds. The van der Waals surface area contributed by atoms with Crippen molar-refractivity contribution in [3.8, 4) is 0 Å². The molecule has 3 aliphatic rings. The molecular formula is C17H24N2O5. The van der Waals surface area contributed by atoms with E-state index in [1.165, 1.54) is 4.90 Å². The van der Waals surface area contributed by atoms with Gasteiger partial charge in [0.2, 0.25) is 11.8 Å². The van der Waals surface area contributed by atoms with Gasteiger partial charge in [-0.25, -0.2) is 0 Å². The van der Waals surface area contributed by atoms with E-state index in [1.54, 1.807) is 6.92 Å². The molecular weight excluding hydrogens is 312 g/mol. The average molecular weight is 336 g/mol. The molecule has 2 bridgehead atoms. The summed E-state index contributed by atoms with van der Waals surface area (Å²) in [5, 5.41) is 2.90. The van der Waals surface area contributed by atoms with Gasteiger partial charge in [-0.05, 0) is 13.3 Å². The van der Waals surface area contributed by atoms with Crippen molar-refractivity contribution < 1.29 is 23.9 Å². The van der Waals surface area contributed by atoms with Crippen LogP contribution >= 0.6 is 0 Å². The highest BCUT2D eigenvalue weighted by Crippen LogP contribution is 2.51. The molecule has 1 N–H and O–H groups in total. The van der Waals surface area contributed by atoms with E-state index in [0.717, 1.165) is 12.8 Å². The number of likely N-dealkylation sites (tertiary alicyclic amines) is 1. The minimum Gasteiger partial charge on any atom is -0.465 e. The molecule has 2 saturated heterocycles. The molecule has 0 aromatic carbocycles. The van der Waals surface area contributed by atoms with E-state index in [0.29, 0.717) is 13.1 Å². The van der Waals surface area contributed by atoms with Gasteiger partial charge in [0.1, 0.15) is 12.1 Å². The van der Waals surface area contributed by atoms with Crippen molar-refractivity contribution in [1.82, 2.24) is 10.2 Å². The van der Waals surface area contributed by atoms with Crippen LogP contribution in [0.3, 0.4) is 0 Å². The fourth-order valence-electron chi connectivity index (χ4n) is 3.88. The first-order valence-corrected chi connectivity index (χ1v) is 8.61. The van der Waals surface area contributed by atoms with Crippen molar-refractivity contribution in [3.63, 3.8) is 0 Å². The Morgan fingerprint density at radius 1 is 1.46 bits per heavy atom. The highest BCUT2D eigenvalue weighted by atomic mass is 16.5. The first-order chi connectivity index (χ1) is 11.5. The highest BCUT2D eigenvalue weighted by Gasteiger charge is 2.66. The van der Waals surface area contributed by atoms with Crippen LogP contribution in [0.4, 0.5) is 0 Å². The first kappa shape index (κ1) is 17.0. The highest BCUT2D eigenvalue weighted by molar-refractivity contribution is 5.94. The van der Waals surface area contributed by atoms with Crippen LogP contribution in [-0.4, -0.2) is 60.6 Å². The van der Waals surface area contributed by atoms with E-state index < -0.39 is 23.4 Å². The molecule has 3 aliphatic heterocycles. The molecule has 0 aromatic heterocycles. The van der Waals surface area contributed by atoms with E-state index >= 15 is 0 Å². The summed E-state index contributed by atoms with van der Waals surface area (Å²) >= 11 is 0. The van der Waals surface area contributed by atoms with Crippen LogP contribution in [0.5, 0.6) is 0 Å². The third-order valence-corrected chi connectivity index (χ3v) is 4.94. The van der Waals surface area contributed by atoms with Crippen LogP contribution in [0.25, 0.3) is 0 Å². The molecule has 24 heavy (non-hydrogen) atoms. The quantitative estimate of drug-likeness (QED) is 0.409. The molecule has 1 spiro atoms. The predicted octanol–water partition coefficient (Wildman–Crippen LogP) is 0.248. The minimum absolute atomic E-state index is 0.100. The van der Waals surface area contributed by atoms with Gasteiger partial charge >= 0.3 is 5.97 Å². The molecule has 132 valence electrons. The van der Waals surface area contributed by atoms with Gasteiger partial charge in [0.05, 0.1) is 31.1 Å². The molecule has 7 heteroatoms. The molecule has 7 nitrogen and oxygen atoms in total. The lowest BCUT2D eigenvalue weighted by Gasteiger charge is -2.23. The lowest BCUT2D eigenvalue weighted by Crippen LogP contribution is -2.44. The van der Waals surface area contributed by atoms with E-state index in [2.05, 4.69) is 12.2 Å². The summed E-state index contributed by atoms with van der Waals surface area (Å²) in [4.78, 5) is 38.5. The van der Waals surface area contributed by atoms with Gasteiger partial charge < -0.3 is 19.7 Å². The zero-order chi connectivity index (χ0) is 17.3. The maximum atomic E-state index is 12.8. The van der Waals surface area contributed by atoms with Gasteiger partial charge in [-0.1, -0.05) is 25.5 Å². The van der Waals surface area contributed by atoms with Crippen molar-refractivity contribution in [3.05, 3.63) is 12.2 Å². The topological polar surface area (TPSA) is 84.9 Å². The van der Waals surface area contributed by atoms with E-state index in [1.807, 2.05) is 12.2 Å². The second-order valence-corrected chi connectivity index (χ2v) is 6.54. The van der Waals surface area contributed by atoms with Gasteiger partial charge in [0.25, 0.3) is 0 Å². The summed E-state index contributed by atoms with van der Waals surface area (Å²) in [6.45, 7) is 4.84. The Kier molecular flexibility index (Phi) is 4.62. The van der Waals surface area contributed by atoms with Crippen LogP contribution in [0.1, 0.15) is 26.7 Å². The normalized spacial score (nSPS) is 33.0. The van der Waals surface area contributed by atoms with Gasteiger partial charge in [-0.15, -0.1) is 0 Å². The van der Waals surface area contributed by atoms with Crippen molar-refractivity contribution in [2.45, 2.75) is 38.4 Å². The van der Waals surface area contributed by atoms with Crippen LogP contribution < -0.4 is 5.32 Å². The van der Waals surface area contributed by atoms with Crippen molar-refractivity contribution in [2.24, 2.45) is 11.8 Å². The average Bonchev–Trinajstić information content (AvgIpc) is 3.16. The molecule has 0 aliphatic carbocycles. The monoisotopic (exact) mass is 336 g/mol. The van der Waals surface area contributed by atoms with Crippen LogP contribution in [0.15, 0.2) is 12.2 Å². The van der Waals surface area contributed by atoms with Crippen molar-refractivity contribution >= 4 is 17.8 Å². The second-order valence-electron chi connectivity index (χ2n) is 6.54. The smallest absolute Gasteiger partial charge is 0.325 e. The standard InChI is InChI=1S/C17H24N2O5/c1-3-5-8-18-15(21)13-11-6-7-17(24-11)10-19(16(22)14(13)17)9-12(20)23-4-2/h6-7,11,13-14H,3-5,8-10H2,1-2H3,(H,18,21). The number of amides is 2. The third kappa shape index (κ3) is 2.70. The van der Waals surface area contributed by atoms with E-state index in [9.17, 15) is 14.4 Å². The Hall–Kier alpha value is -1.89. The van der Waals surface area contributed by atoms with E-state index in [4.69, 9.17) is 9.47 Å². The van der Waals surface area contributed by atoms with Crippen LogP contribution in [0, 0.1) is 11.8 Å². The largest absolute Gasteiger partial charge is 0.465 e. The fraction of sp³-hybridized carbons (Fsp3) is 0.706. The summed E-state index contributed by atoms with van der Waals surface area (Å²) < 4.78 is 10.9. The number of nitrogens with zero attached hydrogens (tertiary/aromatic N) is 1. The van der Waals surface area contributed by atoms with Gasteiger partial charge in [0, 0.05) is 6.54 Å². The zero-order valence-corrected chi connectivity index (χ0v) is 14.1. The fourth-order valence-corrected chi connectivity index (χ4v) is 3.88. The molecule has 4 atom stereocenters. The Morgan fingerprint density at radius 3 is 2.96 bits per heavy atom.